The molecule has 1 fully saturated rings. The van der Waals surface area contributed by atoms with Crippen molar-refractivity contribution in [2.75, 3.05) is 19.7 Å². The number of carbonyl (C=O) groups is 1. The second-order valence-corrected chi connectivity index (χ2v) is 6.73. The standard InChI is InChI=1S/C21H20FN3O2/c22-17-7-1-2-9-19(17)27-14-15-5-4-12-25(13-15)21(26)16-6-3-8-18-20(16)24-11-10-23-18/h1-3,6-11,15H,4-5,12-14H2/t15-/m1/s1. The maximum Gasteiger partial charge on any atom is 0.256 e. The van der Waals surface area contributed by atoms with Gasteiger partial charge in [0.1, 0.15) is 5.52 Å². The molecule has 2 aromatic carbocycles. The van der Waals surface area contributed by atoms with E-state index in [1.165, 1.54) is 6.07 Å². The van der Waals surface area contributed by atoms with E-state index in [-0.39, 0.29) is 23.4 Å². The number of nitrogens with zero attached hydrogens (tertiary/aromatic N) is 3. The van der Waals surface area contributed by atoms with Gasteiger partial charge in [-0.15, -0.1) is 0 Å². The molecule has 1 amide bonds. The van der Waals surface area contributed by atoms with Gasteiger partial charge < -0.3 is 9.64 Å². The summed E-state index contributed by atoms with van der Waals surface area (Å²) in [5.41, 5.74) is 1.89. The summed E-state index contributed by atoms with van der Waals surface area (Å²) >= 11 is 0. The highest BCUT2D eigenvalue weighted by molar-refractivity contribution is 6.04. The lowest BCUT2D eigenvalue weighted by molar-refractivity contribution is 0.0633. The smallest absolute Gasteiger partial charge is 0.256 e. The van der Waals surface area contributed by atoms with Crippen LogP contribution in [-0.4, -0.2) is 40.5 Å². The van der Waals surface area contributed by atoms with Gasteiger partial charge in [-0.05, 0) is 37.1 Å². The molecule has 2 heterocycles. The van der Waals surface area contributed by atoms with Gasteiger partial charge in [-0.25, -0.2) is 4.39 Å². The number of ether oxygens (including phenoxy) is 1. The Morgan fingerprint density at radius 3 is 2.89 bits per heavy atom. The number of rotatable bonds is 4. The molecule has 4 rings (SSSR count). The highest BCUT2D eigenvalue weighted by atomic mass is 19.1. The average molecular weight is 365 g/mol. The summed E-state index contributed by atoms with van der Waals surface area (Å²) < 4.78 is 19.4. The van der Waals surface area contributed by atoms with Crippen molar-refractivity contribution in [2.24, 2.45) is 5.92 Å². The lowest BCUT2D eigenvalue weighted by Gasteiger charge is -2.32. The quantitative estimate of drug-likeness (QED) is 0.707. The molecule has 0 unspecified atom stereocenters. The topological polar surface area (TPSA) is 55.3 Å². The first-order valence-electron chi connectivity index (χ1n) is 9.09. The summed E-state index contributed by atoms with van der Waals surface area (Å²) in [6, 6.07) is 11.8. The van der Waals surface area contributed by atoms with Crippen molar-refractivity contribution in [3.05, 3.63) is 66.2 Å². The zero-order valence-corrected chi connectivity index (χ0v) is 14.8. The first-order valence-corrected chi connectivity index (χ1v) is 9.09. The van der Waals surface area contributed by atoms with E-state index >= 15 is 0 Å². The second kappa shape index (κ2) is 7.70. The number of carbonyl (C=O) groups excluding carboxylic acids is 1. The molecule has 5 nitrogen and oxygen atoms in total. The Morgan fingerprint density at radius 2 is 2.00 bits per heavy atom. The predicted molar refractivity (Wildman–Crippen MR) is 100 cm³/mol. The van der Waals surface area contributed by atoms with Gasteiger partial charge in [-0.1, -0.05) is 18.2 Å². The van der Waals surface area contributed by atoms with Gasteiger partial charge in [-0.3, -0.25) is 14.8 Å². The first kappa shape index (κ1) is 17.4. The van der Waals surface area contributed by atoms with E-state index in [9.17, 15) is 9.18 Å². The van der Waals surface area contributed by atoms with Crippen LogP contribution in [0, 0.1) is 11.7 Å². The third-order valence-electron chi connectivity index (χ3n) is 4.85. The Bertz CT molecular complexity index is 958. The fraction of sp³-hybridized carbons (Fsp3) is 0.286. The van der Waals surface area contributed by atoms with Gasteiger partial charge in [0, 0.05) is 31.4 Å². The van der Waals surface area contributed by atoms with Gasteiger partial charge in [0.2, 0.25) is 0 Å². The molecule has 1 aliphatic rings. The van der Waals surface area contributed by atoms with Crippen LogP contribution in [0.1, 0.15) is 23.2 Å². The van der Waals surface area contributed by atoms with Crippen molar-refractivity contribution >= 4 is 16.9 Å². The number of benzene rings is 2. The molecule has 1 atom stereocenters. The minimum absolute atomic E-state index is 0.0447. The summed E-state index contributed by atoms with van der Waals surface area (Å²) in [5.74, 6) is 0.0147. The second-order valence-electron chi connectivity index (χ2n) is 6.73. The van der Waals surface area contributed by atoms with Crippen LogP contribution < -0.4 is 4.74 Å². The lowest BCUT2D eigenvalue weighted by atomic mass is 9.98. The predicted octanol–water partition coefficient (Wildman–Crippen LogP) is 3.70. The van der Waals surface area contributed by atoms with Crippen LogP contribution in [0.3, 0.4) is 0 Å². The van der Waals surface area contributed by atoms with Gasteiger partial charge in [0.15, 0.2) is 11.6 Å². The Balaban J connectivity index is 1.46. The molecule has 3 aromatic rings. The molecular formula is C21H20FN3O2. The Kier molecular flexibility index (Phi) is 4.96. The van der Waals surface area contributed by atoms with E-state index in [2.05, 4.69) is 9.97 Å². The number of hydrogen-bond donors (Lipinski definition) is 0. The third-order valence-corrected chi connectivity index (χ3v) is 4.85. The molecule has 0 radical (unpaired) electrons. The molecule has 6 heteroatoms. The summed E-state index contributed by atoms with van der Waals surface area (Å²) in [7, 11) is 0. The number of para-hydroxylation sites is 2. The molecule has 0 N–H and O–H groups in total. The minimum atomic E-state index is -0.365. The van der Waals surface area contributed by atoms with Crippen LogP contribution in [0.5, 0.6) is 5.75 Å². The number of fused-ring (bicyclic) bond motifs is 1. The first-order chi connectivity index (χ1) is 13.2. The van der Waals surface area contributed by atoms with Crippen molar-refractivity contribution in [3.8, 4) is 5.75 Å². The number of likely N-dealkylation sites (tertiary alicyclic amines) is 1. The third kappa shape index (κ3) is 3.74. The van der Waals surface area contributed by atoms with E-state index in [1.54, 1.807) is 36.7 Å². The molecule has 0 aliphatic carbocycles. The van der Waals surface area contributed by atoms with Gasteiger partial charge in [-0.2, -0.15) is 0 Å². The summed E-state index contributed by atoms with van der Waals surface area (Å²) in [5, 5.41) is 0. The molecule has 0 bridgehead atoms. The van der Waals surface area contributed by atoms with Crippen LogP contribution in [0.25, 0.3) is 11.0 Å². The zero-order chi connectivity index (χ0) is 18.6. The van der Waals surface area contributed by atoms with Crippen LogP contribution >= 0.6 is 0 Å². The van der Waals surface area contributed by atoms with Crippen molar-refractivity contribution in [2.45, 2.75) is 12.8 Å². The molecule has 27 heavy (non-hydrogen) atoms. The van der Waals surface area contributed by atoms with Gasteiger partial charge in [0.25, 0.3) is 5.91 Å². The Hall–Kier alpha value is -3.02. The van der Waals surface area contributed by atoms with E-state index in [0.29, 0.717) is 36.3 Å². The summed E-state index contributed by atoms with van der Waals surface area (Å²) in [4.78, 5) is 23.5. The fourth-order valence-corrected chi connectivity index (χ4v) is 3.49. The highest BCUT2D eigenvalue weighted by Gasteiger charge is 2.26. The van der Waals surface area contributed by atoms with E-state index in [4.69, 9.17) is 4.74 Å². The van der Waals surface area contributed by atoms with Crippen LogP contribution in [0.15, 0.2) is 54.9 Å². The normalized spacial score (nSPS) is 17.1. The summed E-state index contributed by atoms with van der Waals surface area (Å²) in [6.45, 7) is 1.68. The van der Waals surface area contributed by atoms with Gasteiger partial charge >= 0.3 is 0 Å². The average Bonchev–Trinajstić information content (AvgIpc) is 2.72. The Morgan fingerprint density at radius 1 is 1.15 bits per heavy atom. The van der Waals surface area contributed by atoms with Crippen molar-refractivity contribution < 1.29 is 13.9 Å². The molecule has 1 aliphatic heterocycles. The van der Waals surface area contributed by atoms with Crippen LogP contribution in [0.2, 0.25) is 0 Å². The number of aromatic nitrogens is 2. The van der Waals surface area contributed by atoms with Gasteiger partial charge in [0.05, 0.1) is 17.7 Å². The molecule has 138 valence electrons. The molecule has 0 spiro atoms. The van der Waals surface area contributed by atoms with E-state index in [0.717, 1.165) is 12.8 Å². The van der Waals surface area contributed by atoms with Crippen LogP contribution in [-0.2, 0) is 0 Å². The SMILES string of the molecule is O=C(c1cccc2nccnc12)N1CCC[C@@H](COc2ccccc2F)C1. The minimum Gasteiger partial charge on any atom is -0.490 e. The Labute approximate surface area is 156 Å². The number of amides is 1. The lowest BCUT2D eigenvalue weighted by Crippen LogP contribution is -2.41. The van der Waals surface area contributed by atoms with E-state index in [1.807, 2.05) is 17.0 Å². The zero-order valence-electron chi connectivity index (χ0n) is 14.8. The molecular weight excluding hydrogens is 345 g/mol. The number of hydrogen-bond acceptors (Lipinski definition) is 4. The number of halogens is 1. The maximum absolute atomic E-state index is 13.7. The molecule has 1 aromatic heterocycles. The monoisotopic (exact) mass is 365 g/mol. The largest absolute Gasteiger partial charge is 0.490 e. The molecule has 1 saturated heterocycles. The van der Waals surface area contributed by atoms with E-state index < -0.39 is 0 Å². The van der Waals surface area contributed by atoms with Crippen LogP contribution in [0.4, 0.5) is 4.39 Å². The maximum atomic E-state index is 13.7. The number of piperidine rings is 1. The summed E-state index contributed by atoms with van der Waals surface area (Å²) in [6.07, 6.45) is 5.06. The molecule has 0 saturated carbocycles. The van der Waals surface area contributed by atoms with Crippen molar-refractivity contribution in [3.63, 3.8) is 0 Å². The highest BCUT2D eigenvalue weighted by Crippen LogP contribution is 2.23. The fourth-order valence-electron chi connectivity index (χ4n) is 3.49. The van der Waals surface area contributed by atoms with Crippen molar-refractivity contribution in [1.82, 2.24) is 14.9 Å². The van der Waals surface area contributed by atoms with Crippen molar-refractivity contribution in [1.29, 1.82) is 0 Å².